The second kappa shape index (κ2) is 7.08. The van der Waals surface area contributed by atoms with Crippen LogP contribution in [0.1, 0.15) is 0 Å². The lowest BCUT2D eigenvalue weighted by atomic mass is 10.1. The normalized spacial score (nSPS) is 12.2. The van der Waals surface area contributed by atoms with Crippen molar-refractivity contribution in [2.45, 2.75) is 0 Å². The second-order valence-corrected chi connectivity index (χ2v) is 9.37. The van der Waals surface area contributed by atoms with Crippen molar-refractivity contribution >= 4 is 65.9 Å². The Labute approximate surface area is 214 Å². The van der Waals surface area contributed by atoms with E-state index in [4.69, 9.17) is 13.8 Å². The summed E-state index contributed by atoms with van der Waals surface area (Å²) in [6.45, 7) is 0. The summed E-state index contributed by atoms with van der Waals surface area (Å²) in [7, 11) is 0. The Bertz CT molecular complexity index is 2210. The van der Waals surface area contributed by atoms with Crippen LogP contribution in [0, 0.1) is 0 Å². The number of hydrogen-bond donors (Lipinski definition) is 0. The van der Waals surface area contributed by atoms with Gasteiger partial charge in [0, 0.05) is 33.9 Å². The van der Waals surface area contributed by atoms with Gasteiger partial charge in [0.1, 0.15) is 22.8 Å². The number of aromatic nitrogens is 5. The van der Waals surface area contributed by atoms with Crippen molar-refractivity contribution in [2.24, 2.45) is 0 Å². The fraction of sp³-hybridized carbons (Fsp3) is 0. The zero-order chi connectivity index (χ0) is 24.8. The lowest BCUT2D eigenvalue weighted by molar-refractivity contribution is 0.640. The van der Waals surface area contributed by atoms with Gasteiger partial charge in [-0.3, -0.25) is 19.1 Å². The number of benzene rings is 2. The molecule has 0 atom stereocenters. The molecule has 0 aliphatic carbocycles. The Hall–Kier alpha value is -5.43. The van der Waals surface area contributed by atoms with E-state index in [1.165, 1.54) is 0 Å². The Morgan fingerprint density at radius 3 is 1.53 bits per heavy atom. The molecular weight excluding hydrogens is 474 g/mol. The molecule has 0 saturated carbocycles. The summed E-state index contributed by atoms with van der Waals surface area (Å²) in [4.78, 5) is 14.0. The van der Waals surface area contributed by atoms with Crippen LogP contribution in [-0.4, -0.2) is 24.1 Å². The Kier molecular flexibility index (Phi) is 3.67. The van der Waals surface area contributed by atoms with Gasteiger partial charge in [-0.05, 0) is 36.4 Å². The highest BCUT2D eigenvalue weighted by Crippen LogP contribution is 2.40. The zero-order valence-electron chi connectivity index (χ0n) is 19.9. The van der Waals surface area contributed by atoms with Gasteiger partial charge in [0.15, 0.2) is 0 Å². The van der Waals surface area contributed by atoms with Crippen molar-refractivity contribution < 1.29 is 8.83 Å². The standard InChI is InChI=1S/C31H17N5O2/c1-3-8-24-20(6-1)28-18-12-14-32-16-22(18)35(30(28)37-24)26-10-5-11-27(34-26)36-23-17-33-15-13-19(23)29-21-7-2-4-9-25(21)38-31(29)36/h1-17H. The number of rotatable bonds is 2. The molecule has 0 spiro atoms. The lowest BCUT2D eigenvalue weighted by Gasteiger charge is -2.09. The van der Waals surface area contributed by atoms with E-state index in [1.54, 1.807) is 0 Å². The maximum atomic E-state index is 6.39. The van der Waals surface area contributed by atoms with Crippen LogP contribution in [0.3, 0.4) is 0 Å². The lowest BCUT2D eigenvalue weighted by Crippen LogP contribution is -2.02. The Morgan fingerprint density at radius 2 is 1.00 bits per heavy atom. The molecule has 0 saturated heterocycles. The number of fused-ring (bicyclic) bond motifs is 10. The highest BCUT2D eigenvalue weighted by Gasteiger charge is 2.22. The van der Waals surface area contributed by atoms with E-state index in [0.29, 0.717) is 0 Å². The molecule has 0 amide bonds. The number of pyridine rings is 3. The summed E-state index contributed by atoms with van der Waals surface area (Å²) in [5.74, 6) is 1.45. The molecule has 38 heavy (non-hydrogen) atoms. The van der Waals surface area contributed by atoms with Gasteiger partial charge in [0.25, 0.3) is 0 Å². The fourth-order valence-electron chi connectivity index (χ4n) is 5.79. The van der Waals surface area contributed by atoms with Gasteiger partial charge in [-0.25, -0.2) is 4.98 Å². The van der Waals surface area contributed by atoms with Gasteiger partial charge < -0.3 is 8.83 Å². The maximum Gasteiger partial charge on any atom is 0.215 e. The van der Waals surface area contributed by atoms with Crippen LogP contribution in [0.2, 0.25) is 0 Å². The quantitative estimate of drug-likeness (QED) is 0.249. The maximum absolute atomic E-state index is 6.39. The summed E-state index contributed by atoms with van der Waals surface area (Å²) >= 11 is 0. The summed E-state index contributed by atoms with van der Waals surface area (Å²) in [6, 6.07) is 26.2. The van der Waals surface area contributed by atoms with Crippen molar-refractivity contribution in [2.75, 3.05) is 0 Å². The number of hydrogen-bond acceptors (Lipinski definition) is 5. The Morgan fingerprint density at radius 1 is 0.500 bits per heavy atom. The van der Waals surface area contributed by atoms with Crippen molar-refractivity contribution in [3.8, 4) is 11.6 Å². The molecule has 9 aromatic rings. The first-order chi connectivity index (χ1) is 18.9. The minimum absolute atomic E-state index is 0.726. The van der Waals surface area contributed by atoms with E-state index in [-0.39, 0.29) is 0 Å². The van der Waals surface area contributed by atoms with Gasteiger partial charge in [0.2, 0.25) is 11.4 Å². The SMILES string of the molecule is c1cc(-n2c3cnccc3c3c4ccccc4oc32)nc(-n2c3cnccc3c3c4ccccc4oc32)c1. The largest absolute Gasteiger partial charge is 0.439 e. The van der Waals surface area contributed by atoms with Gasteiger partial charge in [0.05, 0.1) is 34.2 Å². The molecule has 7 nitrogen and oxygen atoms in total. The van der Waals surface area contributed by atoms with Crippen LogP contribution in [-0.2, 0) is 0 Å². The topological polar surface area (TPSA) is 74.8 Å². The molecule has 0 N–H and O–H groups in total. The van der Waals surface area contributed by atoms with Crippen LogP contribution in [0.5, 0.6) is 0 Å². The van der Waals surface area contributed by atoms with E-state index in [0.717, 1.165) is 77.6 Å². The molecule has 178 valence electrons. The van der Waals surface area contributed by atoms with Crippen LogP contribution < -0.4 is 0 Å². The van der Waals surface area contributed by atoms with Crippen LogP contribution >= 0.6 is 0 Å². The minimum atomic E-state index is 0.726. The van der Waals surface area contributed by atoms with Crippen LogP contribution in [0.25, 0.3) is 77.6 Å². The van der Waals surface area contributed by atoms with Crippen molar-refractivity contribution in [3.63, 3.8) is 0 Å². The molecule has 0 fully saturated rings. The monoisotopic (exact) mass is 491 g/mol. The predicted octanol–water partition coefficient (Wildman–Crippen LogP) is 7.56. The third kappa shape index (κ3) is 2.44. The molecule has 0 aliphatic heterocycles. The molecule has 7 aromatic heterocycles. The average molecular weight is 492 g/mol. The molecule has 0 aliphatic rings. The third-order valence-corrected chi connectivity index (χ3v) is 7.36. The highest BCUT2D eigenvalue weighted by molar-refractivity contribution is 6.20. The number of furan rings is 2. The van der Waals surface area contributed by atoms with E-state index in [2.05, 4.69) is 22.1 Å². The van der Waals surface area contributed by atoms with Gasteiger partial charge in [-0.2, -0.15) is 0 Å². The third-order valence-electron chi connectivity index (χ3n) is 7.36. The molecule has 0 bridgehead atoms. The van der Waals surface area contributed by atoms with Crippen LogP contribution in [0.4, 0.5) is 0 Å². The van der Waals surface area contributed by atoms with E-state index >= 15 is 0 Å². The number of para-hydroxylation sites is 2. The molecule has 2 aromatic carbocycles. The predicted molar refractivity (Wildman–Crippen MR) is 148 cm³/mol. The molecule has 7 heterocycles. The molecule has 0 radical (unpaired) electrons. The van der Waals surface area contributed by atoms with Crippen molar-refractivity contribution in [1.29, 1.82) is 0 Å². The highest BCUT2D eigenvalue weighted by atomic mass is 16.3. The fourth-order valence-corrected chi connectivity index (χ4v) is 5.79. The van der Waals surface area contributed by atoms with Crippen molar-refractivity contribution in [1.82, 2.24) is 24.1 Å². The van der Waals surface area contributed by atoms with E-state index in [9.17, 15) is 0 Å². The summed E-state index contributed by atoms with van der Waals surface area (Å²) < 4.78 is 16.9. The minimum Gasteiger partial charge on any atom is -0.439 e. The first-order valence-corrected chi connectivity index (χ1v) is 12.4. The van der Waals surface area contributed by atoms with Crippen LogP contribution in [0.15, 0.2) is 112 Å². The van der Waals surface area contributed by atoms with Gasteiger partial charge in [-0.1, -0.05) is 42.5 Å². The smallest absolute Gasteiger partial charge is 0.215 e. The average Bonchev–Trinajstić information content (AvgIpc) is 3.69. The summed E-state index contributed by atoms with van der Waals surface area (Å²) in [5, 5.41) is 6.39. The first kappa shape index (κ1) is 19.7. The summed E-state index contributed by atoms with van der Waals surface area (Å²) in [6.07, 6.45) is 7.35. The molecular formula is C31H17N5O2. The zero-order valence-corrected chi connectivity index (χ0v) is 19.9. The molecule has 0 unspecified atom stereocenters. The van der Waals surface area contributed by atoms with Crippen molar-refractivity contribution in [3.05, 3.63) is 104 Å². The second-order valence-electron chi connectivity index (χ2n) is 9.37. The number of nitrogens with zero attached hydrogens (tertiary/aromatic N) is 5. The first-order valence-electron chi connectivity index (χ1n) is 12.4. The van der Waals surface area contributed by atoms with E-state index < -0.39 is 0 Å². The molecule has 7 heteroatoms. The van der Waals surface area contributed by atoms with Gasteiger partial charge >= 0.3 is 0 Å². The Balaban J connectivity index is 1.37. The summed E-state index contributed by atoms with van der Waals surface area (Å²) in [5.41, 5.74) is 5.04. The van der Waals surface area contributed by atoms with E-state index in [1.807, 2.05) is 101 Å². The van der Waals surface area contributed by atoms with Gasteiger partial charge in [-0.15, -0.1) is 0 Å². The molecule has 9 rings (SSSR count).